The van der Waals surface area contributed by atoms with E-state index in [1.54, 1.807) is 23.7 Å². The zero-order valence-electron chi connectivity index (χ0n) is 9.56. The molecule has 2 aromatic rings. The average Bonchev–Trinajstić information content (AvgIpc) is 2.73. The molecule has 0 bridgehead atoms. The summed E-state index contributed by atoms with van der Waals surface area (Å²) in [4.78, 5) is 11.6. The van der Waals surface area contributed by atoms with Crippen molar-refractivity contribution in [3.8, 4) is 5.69 Å². The highest BCUT2D eigenvalue weighted by molar-refractivity contribution is 14.1. The fourth-order valence-corrected chi connectivity index (χ4v) is 2.20. The van der Waals surface area contributed by atoms with Crippen LogP contribution in [0.2, 0.25) is 0 Å². The first-order valence-electron chi connectivity index (χ1n) is 5.30. The van der Waals surface area contributed by atoms with Crippen LogP contribution < -0.4 is 0 Å². The van der Waals surface area contributed by atoms with Gasteiger partial charge in [0.2, 0.25) is 0 Å². The van der Waals surface area contributed by atoms with Crippen LogP contribution in [0.25, 0.3) is 5.69 Å². The maximum atomic E-state index is 12.8. The molecule has 0 saturated heterocycles. The van der Waals surface area contributed by atoms with E-state index in [4.69, 9.17) is 4.74 Å². The van der Waals surface area contributed by atoms with E-state index in [1.165, 1.54) is 18.3 Å². The number of nitrogens with zero attached hydrogens (tertiary/aromatic N) is 2. The summed E-state index contributed by atoms with van der Waals surface area (Å²) in [6.45, 7) is 2.06. The molecular formula is C12H10FIN2O2. The van der Waals surface area contributed by atoms with E-state index in [0.29, 0.717) is 21.6 Å². The van der Waals surface area contributed by atoms with Crippen LogP contribution in [0.15, 0.2) is 30.5 Å². The molecule has 0 aliphatic heterocycles. The normalized spacial score (nSPS) is 10.4. The van der Waals surface area contributed by atoms with Crippen molar-refractivity contribution < 1.29 is 13.9 Å². The molecule has 0 atom stereocenters. The lowest BCUT2D eigenvalue weighted by molar-refractivity contribution is 0.0525. The lowest BCUT2D eigenvalue weighted by Crippen LogP contribution is -2.07. The SMILES string of the molecule is CCOC(=O)c1cnn(-c2ccc(F)cc2)c1I. The number of halogens is 2. The quantitative estimate of drug-likeness (QED) is 0.625. The Hall–Kier alpha value is -1.44. The molecule has 0 aliphatic rings. The van der Waals surface area contributed by atoms with E-state index < -0.39 is 5.97 Å². The van der Waals surface area contributed by atoms with Gasteiger partial charge in [0, 0.05) is 0 Å². The van der Waals surface area contributed by atoms with Crippen LogP contribution >= 0.6 is 22.6 Å². The van der Waals surface area contributed by atoms with Gasteiger partial charge in [-0.15, -0.1) is 0 Å². The third kappa shape index (κ3) is 2.53. The van der Waals surface area contributed by atoms with Gasteiger partial charge in [-0.25, -0.2) is 13.9 Å². The Balaban J connectivity index is 2.36. The van der Waals surface area contributed by atoms with E-state index in [0.717, 1.165) is 0 Å². The van der Waals surface area contributed by atoms with E-state index in [9.17, 15) is 9.18 Å². The predicted octanol–water partition coefficient (Wildman–Crippen LogP) is 2.79. The fraction of sp³-hybridized carbons (Fsp3) is 0.167. The molecule has 0 saturated carbocycles. The summed E-state index contributed by atoms with van der Waals surface area (Å²) in [6.07, 6.45) is 1.45. The molecule has 1 aromatic carbocycles. The Morgan fingerprint density at radius 1 is 1.44 bits per heavy atom. The van der Waals surface area contributed by atoms with Crippen molar-refractivity contribution in [1.29, 1.82) is 0 Å². The van der Waals surface area contributed by atoms with Gasteiger partial charge in [0.15, 0.2) is 0 Å². The summed E-state index contributed by atoms with van der Waals surface area (Å²) >= 11 is 2.01. The summed E-state index contributed by atoms with van der Waals surface area (Å²) in [7, 11) is 0. The van der Waals surface area contributed by atoms with Crippen LogP contribution in [0, 0.1) is 9.52 Å². The minimum absolute atomic E-state index is 0.313. The van der Waals surface area contributed by atoms with Crippen molar-refractivity contribution in [1.82, 2.24) is 9.78 Å². The van der Waals surface area contributed by atoms with Gasteiger partial charge in [-0.2, -0.15) is 5.10 Å². The maximum absolute atomic E-state index is 12.8. The van der Waals surface area contributed by atoms with Gasteiger partial charge >= 0.3 is 5.97 Å². The Bertz CT molecular complexity index is 566. The minimum atomic E-state index is -0.407. The third-order valence-electron chi connectivity index (χ3n) is 2.28. The summed E-state index contributed by atoms with van der Waals surface area (Å²) in [5.74, 6) is -0.721. The Labute approximate surface area is 117 Å². The van der Waals surface area contributed by atoms with Crippen molar-refractivity contribution in [2.75, 3.05) is 6.61 Å². The second kappa shape index (κ2) is 5.47. The van der Waals surface area contributed by atoms with Gasteiger partial charge in [0.25, 0.3) is 0 Å². The highest BCUT2D eigenvalue weighted by Crippen LogP contribution is 2.18. The van der Waals surface area contributed by atoms with E-state index in [2.05, 4.69) is 5.10 Å². The molecule has 1 heterocycles. The second-order valence-electron chi connectivity index (χ2n) is 3.46. The van der Waals surface area contributed by atoms with Crippen molar-refractivity contribution >= 4 is 28.6 Å². The maximum Gasteiger partial charge on any atom is 0.342 e. The molecule has 2 rings (SSSR count). The first kappa shape index (κ1) is 13.0. The Morgan fingerprint density at radius 3 is 2.72 bits per heavy atom. The van der Waals surface area contributed by atoms with Crippen LogP contribution in [0.3, 0.4) is 0 Å². The van der Waals surface area contributed by atoms with Gasteiger partial charge in [-0.1, -0.05) is 0 Å². The molecule has 6 heteroatoms. The first-order chi connectivity index (χ1) is 8.63. The number of hydrogen-bond donors (Lipinski definition) is 0. The number of hydrogen-bond acceptors (Lipinski definition) is 3. The molecule has 0 N–H and O–H groups in total. The topological polar surface area (TPSA) is 44.1 Å². The molecule has 18 heavy (non-hydrogen) atoms. The molecular weight excluding hydrogens is 350 g/mol. The monoisotopic (exact) mass is 360 g/mol. The molecule has 1 aromatic heterocycles. The van der Waals surface area contributed by atoms with Crippen LogP contribution in [0.5, 0.6) is 0 Å². The van der Waals surface area contributed by atoms with Crippen LogP contribution in [0.4, 0.5) is 4.39 Å². The van der Waals surface area contributed by atoms with E-state index in [1.807, 2.05) is 22.6 Å². The van der Waals surface area contributed by atoms with Crippen molar-refractivity contribution in [2.24, 2.45) is 0 Å². The van der Waals surface area contributed by atoms with E-state index in [-0.39, 0.29) is 5.82 Å². The molecule has 0 fully saturated rings. The van der Waals surface area contributed by atoms with Gasteiger partial charge in [-0.3, -0.25) is 0 Å². The molecule has 0 radical (unpaired) electrons. The number of esters is 1. The highest BCUT2D eigenvalue weighted by atomic mass is 127. The number of benzene rings is 1. The molecule has 0 aliphatic carbocycles. The Kier molecular flexibility index (Phi) is 3.95. The zero-order chi connectivity index (χ0) is 13.1. The van der Waals surface area contributed by atoms with Crippen molar-refractivity contribution in [3.63, 3.8) is 0 Å². The van der Waals surface area contributed by atoms with Crippen molar-refractivity contribution in [3.05, 3.63) is 45.5 Å². The number of aromatic nitrogens is 2. The second-order valence-corrected chi connectivity index (χ2v) is 4.48. The standard InChI is InChI=1S/C12H10FIN2O2/c1-2-18-12(17)10-7-15-16(11(10)14)9-5-3-8(13)4-6-9/h3-7H,2H2,1H3. The number of carbonyl (C=O) groups is 1. The van der Waals surface area contributed by atoms with Crippen LogP contribution in [-0.2, 0) is 4.74 Å². The molecule has 0 spiro atoms. The zero-order valence-corrected chi connectivity index (χ0v) is 11.7. The van der Waals surface area contributed by atoms with Crippen LogP contribution in [-0.4, -0.2) is 22.4 Å². The van der Waals surface area contributed by atoms with Crippen molar-refractivity contribution in [2.45, 2.75) is 6.92 Å². The first-order valence-corrected chi connectivity index (χ1v) is 6.38. The Morgan fingerprint density at radius 2 is 2.11 bits per heavy atom. The summed E-state index contributed by atoms with van der Waals surface area (Å²) < 4.78 is 19.9. The van der Waals surface area contributed by atoms with Gasteiger partial charge < -0.3 is 4.74 Å². The largest absolute Gasteiger partial charge is 0.462 e. The number of rotatable bonds is 3. The predicted molar refractivity (Wildman–Crippen MR) is 72.2 cm³/mol. The third-order valence-corrected chi connectivity index (χ3v) is 3.32. The fourth-order valence-electron chi connectivity index (χ4n) is 1.44. The highest BCUT2D eigenvalue weighted by Gasteiger charge is 2.17. The van der Waals surface area contributed by atoms with Gasteiger partial charge in [0.05, 0.1) is 18.5 Å². The lowest BCUT2D eigenvalue weighted by Gasteiger charge is -2.04. The number of carbonyl (C=O) groups excluding carboxylic acids is 1. The van der Waals surface area contributed by atoms with Gasteiger partial charge in [-0.05, 0) is 53.8 Å². The summed E-state index contributed by atoms with van der Waals surface area (Å²) in [5, 5.41) is 4.10. The summed E-state index contributed by atoms with van der Waals surface area (Å²) in [6, 6.07) is 5.88. The summed E-state index contributed by atoms with van der Waals surface area (Å²) in [5.41, 5.74) is 1.10. The van der Waals surface area contributed by atoms with Crippen LogP contribution in [0.1, 0.15) is 17.3 Å². The number of ether oxygens (including phenoxy) is 1. The molecule has 94 valence electrons. The lowest BCUT2D eigenvalue weighted by atomic mass is 10.3. The molecule has 0 unspecified atom stereocenters. The molecule has 4 nitrogen and oxygen atoms in total. The molecule has 0 amide bonds. The smallest absolute Gasteiger partial charge is 0.342 e. The minimum Gasteiger partial charge on any atom is -0.462 e. The van der Waals surface area contributed by atoms with Gasteiger partial charge in [0.1, 0.15) is 15.1 Å². The average molecular weight is 360 g/mol. The van der Waals surface area contributed by atoms with E-state index >= 15 is 0 Å².